The fraction of sp³-hybridized carbons (Fsp3) is 0. The van der Waals surface area contributed by atoms with Crippen molar-refractivity contribution in [3.8, 4) is 16.3 Å². The van der Waals surface area contributed by atoms with E-state index in [1.165, 1.54) is 11.3 Å². The van der Waals surface area contributed by atoms with Crippen molar-refractivity contribution in [2.45, 2.75) is 0 Å². The van der Waals surface area contributed by atoms with Crippen LogP contribution in [0.4, 0.5) is 0 Å². The number of phenolic OH excluding ortho intramolecular Hbond substituents is 1. The molecule has 1 aromatic carbocycles. The Morgan fingerprint density at radius 2 is 2.00 bits per heavy atom. The molecular formula is C11H6BrN3OS. The zero-order valence-corrected chi connectivity index (χ0v) is 10.9. The van der Waals surface area contributed by atoms with E-state index in [0.717, 1.165) is 15.4 Å². The summed E-state index contributed by atoms with van der Waals surface area (Å²) in [5, 5.41) is 10.4. The second-order valence-electron chi connectivity index (χ2n) is 3.37. The zero-order valence-electron chi connectivity index (χ0n) is 8.46. The van der Waals surface area contributed by atoms with Crippen molar-refractivity contribution in [1.29, 1.82) is 0 Å². The van der Waals surface area contributed by atoms with Gasteiger partial charge in [0.2, 0.25) is 0 Å². The van der Waals surface area contributed by atoms with Crippen molar-refractivity contribution in [2.24, 2.45) is 0 Å². The first-order chi connectivity index (χ1) is 8.24. The third kappa shape index (κ3) is 1.89. The van der Waals surface area contributed by atoms with E-state index in [1.54, 1.807) is 24.5 Å². The lowest BCUT2D eigenvalue weighted by Gasteiger charge is -1.99. The molecule has 0 saturated heterocycles. The van der Waals surface area contributed by atoms with Crippen LogP contribution in [-0.2, 0) is 0 Å². The highest BCUT2D eigenvalue weighted by Gasteiger charge is 2.09. The summed E-state index contributed by atoms with van der Waals surface area (Å²) in [5.74, 6) is 0.197. The fourth-order valence-corrected chi connectivity index (χ4v) is 2.56. The molecule has 0 amide bonds. The average Bonchev–Trinajstić information content (AvgIpc) is 2.76. The quantitative estimate of drug-likeness (QED) is 0.750. The van der Waals surface area contributed by atoms with E-state index in [9.17, 15) is 5.11 Å². The number of phenols is 1. The van der Waals surface area contributed by atoms with Gasteiger partial charge in [0.25, 0.3) is 0 Å². The Morgan fingerprint density at radius 1 is 1.18 bits per heavy atom. The number of benzene rings is 1. The molecule has 2 heterocycles. The van der Waals surface area contributed by atoms with E-state index in [1.807, 2.05) is 6.07 Å². The predicted molar refractivity (Wildman–Crippen MR) is 70.0 cm³/mol. The van der Waals surface area contributed by atoms with Gasteiger partial charge in [0.1, 0.15) is 10.8 Å². The smallest absolute Gasteiger partial charge is 0.190 e. The molecular weight excluding hydrogens is 302 g/mol. The molecule has 0 radical (unpaired) electrons. The van der Waals surface area contributed by atoms with Crippen LogP contribution in [0.25, 0.3) is 21.0 Å². The minimum Gasteiger partial charge on any atom is -0.507 e. The molecule has 4 nitrogen and oxygen atoms in total. The lowest BCUT2D eigenvalue weighted by atomic mass is 10.2. The largest absolute Gasteiger partial charge is 0.507 e. The maximum Gasteiger partial charge on any atom is 0.190 e. The summed E-state index contributed by atoms with van der Waals surface area (Å²) < 4.78 is 0.665. The number of nitrogens with zero attached hydrogens (tertiary/aromatic N) is 3. The van der Waals surface area contributed by atoms with Gasteiger partial charge in [0.05, 0.1) is 4.47 Å². The normalized spacial score (nSPS) is 10.9. The third-order valence-corrected chi connectivity index (χ3v) is 3.91. The second-order valence-corrected chi connectivity index (χ2v) is 5.20. The second kappa shape index (κ2) is 4.05. The molecule has 0 bridgehead atoms. The highest BCUT2D eigenvalue weighted by Crippen LogP contribution is 2.33. The Hall–Kier alpha value is -1.53. The molecule has 0 spiro atoms. The number of fused-ring (bicyclic) bond motifs is 1. The molecule has 1 N–H and O–H groups in total. The van der Waals surface area contributed by atoms with Crippen LogP contribution in [0.5, 0.6) is 5.75 Å². The predicted octanol–water partition coefficient (Wildman–Crippen LogP) is 3.22. The van der Waals surface area contributed by atoms with Crippen LogP contribution in [0.2, 0.25) is 0 Å². The molecule has 84 valence electrons. The summed E-state index contributed by atoms with van der Waals surface area (Å²) in [4.78, 5) is 13.5. The van der Waals surface area contributed by atoms with Gasteiger partial charge in [-0.15, -0.1) is 0 Å². The molecule has 0 atom stereocenters. The Balaban J connectivity index is 2.17. The van der Waals surface area contributed by atoms with Crippen LogP contribution in [0.1, 0.15) is 0 Å². The maximum absolute atomic E-state index is 9.64. The molecule has 3 rings (SSSR count). The van der Waals surface area contributed by atoms with Crippen molar-refractivity contribution in [1.82, 2.24) is 15.0 Å². The first-order valence-corrected chi connectivity index (χ1v) is 6.41. The Kier molecular flexibility index (Phi) is 2.53. The average molecular weight is 308 g/mol. The van der Waals surface area contributed by atoms with Crippen LogP contribution < -0.4 is 0 Å². The minimum absolute atomic E-state index is 0.197. The molecule has 0 fully saturated rings. The van der Waals surface area contributed by atoms with E-state index >= 15 is 0 Å². The van der Waals surface area contributed by atoms with Crippen molar-refractivity contribution < 1.29 is 5.11 Å². The summed E-state index contributed by atoms with van der Waals surface area (Å²) in [7, 11) is 0. The highest BCUT2D eigenvalue weighted by molar-refractivity contribution is 9.10. The summed E-state index contributed by atoms with van der Waals surface area (Å²) in [6.45, 7) is 0. The Labute approximate surface area is 109 Å². The first-order valence-electron chi connectivity index (χ1n) is 4.80. The molecule has 0 aliphatic rings. The van der Waals surface area contributed by atoms with Crippen molar-refractivity contribution in [2.75, 3.05) is 0 Å². The number of hydrogen-bond donors (Lipinski definition) is 1. The van der Waals surface area contributed by atoms with E-state index in [4.69, 9.17) is 0 Å². The summed E-state index contributed by atoms with van der Waals surface area (Å²) in [6, 6.07) is 5.35. The molecule has 0 aliphatic carbocycles. The fourth-order valence-electron chi connectivity index (χ4n) is 1.45. The standard InChI is InChI=1S/C11H6BrN3OS/c12-7-2-1-6(5-8(7)16)10-15-9-11(17-10)14-4-3-13-9/h1-5,16H. The van der Waals surface area contributed by atoms with E-state index in [-0.39, 0.29) is 5.75 Å². The summed E-state index contributed by atoms with van der Waals surface area (Å²) in [5.41, 5.74) is 1.49. The van der Waals surface area contributed by atoms with Gasteiger partial charge in [0.15, 0.2) is 10.5 Å². The topological polar surface area (TPSA) is 58.9 Å². The Bertz CT molecular complexity index is 665. The summed E-state index contributed by atoms with van der Waals surface area (Å²) >= 11 is 4.70. The molecule has 17 heavy (non-hydrogen) atoms. The van der Waals surface area contributed by atoms with Gasteiger partial charge < -0.3 is 5.11 Å². The van der Waals surface area contributed by atoms with Gasteiger partial charge >= 0.3 is 0 Å². The number of thiazole rings is 1. The molecule has 0 aliphatic heterocycles. The molecule has 0 unspecified atom stereocenters. The third-order valence-electron chi connectivity index (χ3n) is 2.24. The number of halogens is 1. The van der Waals surface area contributed by atoms with Crippen molar-refractivity contribution >= 4 is 37.7 Å². The van der Waals surface area contributed by atoms with Crippen molar-refractivity contribution in [3.63, 3.8) is 0 Å². The summed E-state index contributed by atoms with van der Waals surface area (Å²) in [6.07, 6.45) is 3.26. The van der Waals surface area contributed by atoms with Gasteiger partial charge in [0, 0.05) is 18.0 Å². The molecule has 0 saturated carbocycles. The molecule has 6 heteroatoms. The Morgan fingerprint density at radius 3 is 2.76 bits per heavy atom. The van der Waals surface area contributed by atoms with E-state index in [2.05, 4.69) is 30.9 Å². The van der Waals surface area contributed by atoms with Crippen LogP contribution in [0.15, 0.2) is 35.1 Å². The van der Waals surface area contributed by atoms with Crippen LogP contribution in [0.3, 0.4) is 0 Å². The number of aromatic hydroxyl groups is 1. The monoisotopic (exact) mass is 307 g/mol. The zero-order chi connectivity index (χ0) is 11.8. The maximum atomic E-state index is 9.64. The van der Waals surface area contributed by atoms with Gasteiger partial charge in [-0.05, 0) is 28.1 Å². The van der Waals surface area contributed by atoms with Crippen LogP contribution in [0, 0.1) is 0 Å². The molecule has 3 aromatic rings. The lowest BCUT2D eigenvalue weighted by Crippen LogP contribution is -1.78. The minimum atomic E-state index is 0.197. The lowest BCUT2D eigenvalue weighted by molar-refractivity contribution is 0.472. The van der Waals surface area contributed by atoms with E-state index < -0.39 is 0 Å². The SMILES string of the molecule is Oc1cc(-c2nc3nccnc3s2)ccc1Br. The first kappa shape index (κ1) is 10.6. The van der Waals surface area contributed by atoms with Gasteiger partial charge in [-0.2, -0.15) is 0 Å². The van der Waals surface area contributed by atoms with Crippen molar-refractivity contribution in [3.05, 3.63) is 35.1 Å². The van der Waals surface area contributed by atoms with E-state index in [0.29, 0.717) is 10.1 Å². The van der Waals surface area contributed by atoms with Gasteiger partial charge in [-0.25, -0.2) is 15.0 Å². The van der Waals surface area contributed by atoms with Gasteiger partial charge in [-0.1, -0.05) is 17.4 Å². The number of rotatable bonds is 1. The molecule has 2 aromatic heterocycles. The number of aromatic nitrogens is 3. The highest BCUT2D eigenvalue weighted by atomic mass is 79.9. The number of hydrogen-bond acceptors (Lipinski definition) is 5. The van der Waals surface area contributed by atoms with Gasteiger partial charge in [-0.3, -0.25) is 0 Å². The van der Waals surface area contributed by atoms with Crippen LogP contribution in [-0.4, -0.2) is 20.1 Å². The van der Waals surface area contributed by atoms with Crippen LogP contribution >= 0.6 is 27.3 Å².